The molecule has 0 amide bonds. The number of fused-ring (bicyclic) bond motifs is 1. The molecule has 0 radical (unpaired) electrons. The standard InChI is InChI=1S/C22H23N3O4S/c1-3-29-22(26)21-19-15-24(30(27,28)18-7-5-4-6-8-18)14-13-20(19)25(23-21)17-11-9-16(2)10-12-17/h4-12H,3,13-15H2,1-2H3. The van der Waals surface area contributed by atoms with Gasteiger partial charge in [0, 0.05) is 25.1 Å². The zero-order valence-electron chi connectivity index (χ0n) is 16.9. The Balaban J connectivity index is 1.77. The Morgan fingerprint density at radius 1 is 1.10 bits per heavy atom. The molecule has 0 aliphatic carbocycles. The first-order valence-corrected chi connectivity index (χ1v) is 11.3. The second-order valence-corrected chi connectivity index (χ2v) is 9.08. The Hall–Kier alpha value is -2.97. The number of hydrogen-bond acceptors (Lipinski definition) is 5. The van der Waals surface area contributed by atoms with Crippen molar-refractivity contribution in [1.29, 1.82) is 0 Å². The van der Waals surface area contributed by atoms with E-state index >= 15 is 0 Å². The number of carbonyl (C=O) groups excluding carboxylic acids is 1. The van der Waals surface area contributed by atoms with E-state index in [4.69, 9.17) is 4.74 Å². The molecule has 8 heteroatoms. The third-order valence-electron chi connectivity index (χ3n) is 5.15. The number of ether oxygens (including phenoxy) is 1. The van der Waals surface area contributed by atoms with Crippen molar-refractivity contribution in [3.05, 3.63) is 77.1 Å². The van der Waals surface area contributed by atoms with Crippen LogP contribution in [-0.4, -0.2) is 41.6 Å². The van der Waals surface area contributed by atoms with Gasteiger partial charge in [0.1, 0.15) is 0 Å². The number of esters is 1. The topological polar surface area (TPSA) is 81.5 Å². The number of rotatable bonds is 5. The van der Waals surface area contributed by atoms with Gasteiger partial charge in [-0.2, -0.15) is 9.40 Å². The Bertz CT molecular complexity index is 1170. The third-order valence-corrected chi connectivity index (χ3v) is 7.01. The summed E-state index contributed by atoms with van der Waals surface area (Å²) in [6.45, 7) is 4.33. The van der Waals surface area contributed by atoms with E-state index in [1.807, 2.05) is 31.2 Å². The average molecular weight is 426 g/mol. The first-order valence-electron chi connectivity index (χ1n) is 9.82. The first-order chi connectivity index (χ1) is 14.4. The molecule has 0 bridgehead atoms. The number of nitrogens with zero attached hydrogens (tertiary/aromatic N) is 3. The fraction of sp³-hybridized carbons (Fsp3) is 0.273. The van der Waals surface area contributed by atoms with Crippen molar-refractivity contribution in [3.63, 3.8) is 0 Å². The van der Waals surface area contributed by atoms with Crippen LogP contribution in [0.4, 0.5) is 0 Å². The first kappa shape index (κ1) is 20.3. The summed E-state index contributed by atoms with van der Waals surface area (Å²) in [4.78, 5) is 12.8. The molecule has 0 atom stereocenters. The number of sulfonamides is 1. The Kier molecular flexibility index (Phi) is 5.44. The lowest BCUT2D eigenvalue weighted by Crippen LogP contribution is -2.36. The molecule has 0 unspecified atom stereocenters. The molecule has 4 rings (SSSR count). The molecule has 0 fully saturated rings. The molecule has 7 nitrogen and oxygen atoms in total. The van der Waals surface area contributed by atoms with Gasteiger partial charge in [-0.15, -0.1) is 0 Å². The highest BCUT2D eigenvalue weighted by molar-refractivity contribution is 7.89. The normalized spacial score (nSPS) is 14.3. The van der Waals surface area contributed by atoms with E-state index < -0.39 is 16.0 Å². The van der Waals surface area contributed by atoms with Crippen LogP contribution in [0.15, 0.2) is 59.5 Å². The molecule has 0 N–H and O–H groups in total. The summed E-state index contributed by atoms with van der Waals surface area (Å²) in [7, 11) is -3.68. The van der Waals surface area contributed by atoms with Gasteiger partial charge in [0.2, 0.25) is 10.0 Å². The molecule has 1 aromatic heterocycles. The van der Waals surface area contributed by atoms with Crippen molar-refractivity contribution in [2.45, 2.75) is 31.7 Å². The highest BCUT2D eigenvalue weighted by Crippen LogP contribution is 2.29. The molecule has 0 spiro atoms. The number of aryl methyl sites for hydroxylation is 1. The molecule has 0 saturated carbocycles. The molecule has 2 aromatic carbocycles. The molecule has 156 valence electrons. The van der Waals surface area contributed by atoms with Crippen LogP contribution in [0.3, 0.4) is 0 Å². The van der Waals surface area contributed by atoms with Crippen LogP contribution in [0, 0.1) is 6.92 Å². The molecule has 30 heavy (non-hydrogen) atoms. The maximum absolute atomic E-state index is 13.1. The van der Waals surface area contributed by atoms with Crippen molar-refractivity contribution < 1.29 is 17.9 Å². The van der Waals surface area contributed by atoms with Crippen molar-refractivity contribution in [1.82, 2.24) is 14.1 Å². The van der Waals surface area contributed by atoms with Crippen molar-refractivity contribution in [2.75, 3.05) is 13.2 Å². The van der Waals surface area contributed by atoms with Crippen LogP contribution < -0.4 is 0 Å². The maximum atomic E-state index is 13.1. The van der Waals surface area contributed by atoms with E-state index in [1.54, 1.807) is 41.9 Å². The Morgan fingerprint density at radius 3 is 2.47 bits per heavy atom. The highest BCUT2D eigenvalue weighted by atomic mass is 32.2. The van der Waals surface area contributed by atoms with E-state index in [0.29, 0.717) is 18.5 Å². The van der Waals surface area contributed by atoms with Gasteiger partial charge in [0.25, 0.3) is 0 Å². The van der Waals surface area contributed by atoms with Gasteiger partial charge in [-0.05, 0) is 38.1 Å². The van der Waals surface area contributed by atoms with Gasteiger partial charge in [0.15, 0.2) is 5.69 Å². The Morgan fingerprint density at radius 2 is 1.80 bits per heavy atom. The number of carbonyl (C=O) groups is 1. The predicted molar refractivity (Wildman–Crippen MR) is 112 cm³/mol. The van der Waals surface area contributed by atoms with E-state index in [9.17, 15) is 13.2 Å². The monoisotopic (exact) mass is 425 g/mol. The van der Waals surface area contributed by atoms with Gasteiger partial charge < -0.3 is 4.74 Å². The zero-order chi connectivity index (χ0) is 21.3. The smallest absolute Gasteiger partial charge is 0.359 e. The molecule has 2 heterocycles. The molecule has 1 aliphatic heterocycles. The van der Waals surface area contributed by atoms with Gasteiger partial charge in [-0.3, -0.25) is 0 Å². The van der Waals surface area contributed by atoms with Gasteiger partial charge in [-0.1, -0.05) is 35.9 Å². The average Bonchev–Trinajstić information content (AvgIpc) is 3.14. The second-order valence-electron chi connectivity index (χ2n) is 7.14. The van der Waals surface area contributed by atoms with Gasteiger partial charge in [0.05, 0.1) is 22.9 Å². The summed E-state index contributed by atoms with van der Waals surface area (Å²) in [5.41, 5.74) is 3.54. The summed E-state index contributed by atoms with van der Waals surface area (Å²) in [6.07, 6.45) is 0.446. The van der Waals surface area contributed by atoms with Crippen molar-refractivity contribution in [2.24, 2.45) is 0 Å². The molecule has 3 aromatic rings. The highest BCUT2D eigenvalue weighted by Gasteiger charge is 2.34. The molecular weight excluding hydrogens is 402 g/mol. The lowest BCUT2D eigenvalue weighted by molar-refractivity contribution is 0.0517. The van der Waals surface area contributed by atoms with Crippen molar-refractivity contribution >= 4 is 16.0 Å². The Labute approximate surface area is 175 Å². The van der Waals surface area contributed by atoms with Crippen LogP contribution in [0.25, 0.3) is 5.69 Å². The summed E-state index contributed by atoms with van der Waals surface area (Å²) < 4.78 is 34.5. The van der Waals surface area contributed by atoms with E-state index in [-0.39, 0.29) is 23.7 Å². The van der Waals surface area contributed by atoms with Crippen molar-refractivity contribution in [3.8, 4) is 5.69 Å². The summed E-state index contributed by atoms with van der Waals surface area (Å²) in [5.74, 6) is -0.543. The van der Waals surface area contributed by atoms with E-state index in [0.717, 1.165) is 16.9 Å². The number of aromatic nitrogens is 2. The van der Waals surface area contributed by atoms with Gasteiger partial charge in [-0.25, -0.2) is 17.9 Å². The quantitative estimate of drug-likeness (QED) is 0.587. The zero-order valence-corrected chi connectivity index (χ0v) is 17.7. The third kappa shape index (κ3) is 3.64. The van der Waals surface area contributed by atoms with Gasteiger partial charge >= 0.3 is 5.97 Å². The van der Waals surface area contributed by atoms with E-state index in [1.165, 1.54) is 4.31 Å². The largest absolute Gasteiger partial charge is 0.461 e. The lowest BCUT2D eigenvalue weighted by atomic mass is 10.1. The van der Waals surface area contributed by atoms with Crippen LogP contribution >= 0.6 is 0 Å². The number of hydrogen-bond donors (Lipinski definition) is 0. The van der Waals surface area contributed by atoms with E-state index in [2.05, 4.69) is 5.10 Å². The minimum atomic E-state index is -3.68. The van der Waals surface area contributed by atoms with Crippen LogP contribution in [-0.2, 0) is 27.7 Å². The lowest BCUT2D eigenvalue weighted by Gasteiger charge is -2.27. The summed E-state index contributed by atoms with van der Waals surface area (Å²) in [6, 6.07) is 16.1. The number of benzene rings is 2. The molecule has 0 saturated heterocycles. The summed E-state index contributed by atoms with van der Waals surface area (Å²) in [5, 5.41) is 4.52. The molecular formula is C22H23N3O4S. The van der Waals surface area contributed by atoms with Crippen LogP contribution in [0.5, 0.6) is 0 Å². The molecule has 1 aliphatic rings. The minimum absolute atomic E-state index is 0.0760. The fourth-order valence-corrected chi connectivity index (χ4v) is 5.03. The maximum Gasteiger partial charge on any atom is 0.359 e. The second kappa shape index (κ2) is 8.04. The SMILES string of the molecule is CCOC(=O)c1nn(-c2ccc(C)cc2)c2c1CN(S(=O)(=O)c1ccccc1)CC2. The summed E-state index contributed by atoms with van der Waals surface area (Å²) >= 11 is 0. The minimum Gasteiger partial charge on any atom is -0.461 e. The predicted octanol–water partition coefficient (Wildman–Crippen LogP) is 3.10. The van der Waals surface area contributed by atoms with Crippen LogP contribution in [0.2, 0.25) is 0 Å². The fourth-order valence-electron chi connectivity index (χ4n) is 3.60. The van der Waals surface area contributed by atoms with Crippen LogP contribution in [0.1, 0.15) is 34.2 Å².